The third kappa shape index (κ3) is 5.40. The van der Waals surface area contributed by atoms with Gasteiger partial charge in [-0.25, -0.2) is 4.98 Å². The highest BCUT2D eigenvalue weighted by Crippen LogP contribution is 2.27. The summed E-state index contributed by atoms with van der Waals surface area (Å²) in [6, 6.07) is 12.0. The predicted molar refractivity (Wildman–Crippen MR) is 123 cm³/mol. The number of halogens is 1. The number of piperazine rings is 1. The number of rotatable bonds is 5. The van der Waals surface area contributed by atoms with Crippen LogP contribution in [0.2, 0.25) is 0 Å². The molecule has 1 N–H and O–H groups in total. The molecule has 1 fully saturated rings. The number of methoxy groups -OCH3 is 2. The molecule has 28 heavy (non-hydrogen) atoms. The summed E-state index contributed by atoms with van der Waals surface area (Å²) >= 11 is 0. The van der Waals surface area contributed by atoms with E-state index in [2.05, 4.69) is 31.2 Å². The van der Waals surface area contributed by atoms with E-state index in [1.165, 1.54) is 0 Å². The fourth-order valence-electron chi connectivity index (χ4n) is 3.19. The first kappa shape index (κ1) is 22.1. The Morgan fingerprint density at radius 3 is 2.43 bits per heavy atom. The van der Waals surface area contributed by atoms with Gasteiger partial charge in [-0.2, -0.15) is 0 Å². The molecule has 0 radical (unpaired) electrons. The zero-order chi connectivity index (χ0) is 19.1. The molecule has 0 amide bonds. The van der Waals surface area contributed by atoms with Crippen LogP contribution < -0.4 is 19.7 Å². The number of benzene rings is 1. The van der Waals surface area contributed by atoms with E-state index in [1.54, 1.807) is 14.2 Å². The zero-order valence-corrected chi connectivity index (χ0v) is 18.9. The smallest absolute Gasteiger partial charge is 0.194 e. The van der Waals surface area contributed by atoms with E-state index in [-0.39, 0.29) is 24.0 Å². The van der Waals surface area contributed by atoms with Gasteiger partial charge in [0.15, 0.2) is 17.5 Å². The summed E-state index contributed by atoms with van der Waals surface area (Å²) in [6.07, 6.45) is 1.84. The largest absolute Gasteiger partial charge is 0.493 e. The molecule has 7 nitrogen and oxygen atoms in total. The molecule has 0 saturated carbocycles. The standard InChI is InChI=1S/C20H27N5O2.HI/c1-21-20(23-15-16-7-8-17(26-2)18(14-16)27-3)25-12-10-24(11-13-25)19-6-4-5-9-22-19;/h4-9,14H,10-13,15H2,1-3H3,(H,21,23);1H. The molecule has 2 aromatic rings. The first-order valence-corrected chi connectivity index (χ1v) is 9.07. The van der Waals surface area contributed by atoms with Crippen molar-refractivity contribution in [1.29, 1.82) is 0 Å². The molecular formula is C20H28IN5O2. The molecule has 1 aromatic carbocycles. The number of nitrogens with one attached hydrogen (secondary N) is 1. The summed E-state index contributed by atoms with van der Waals surface area (Å²) in [5, 5.41) is 3.44. The van der Waals surface area contributed by atoms with Gasteiger partial charge in [0.05, 0.1) is 14.2 Å². The molecule has 0 atom stereocenters. The summed E-state index contributed by atoms with van der Waals surface area (Å²) in [5.41, 5.74) is 1.11. The molecule has 0 spiro atoms. The molecule has 0 aliphatic carbocycles. The number of guanidine groups is 1. The monoisotopic (exact) mass is 497 g/mol. The minimum atomic E-state index is 0. The van der Waals surface area contributed by atoms with Crippen LogP contribution >= 0.6 is 24.0 Å². The second-order valence-corrected chi connectivity index (χ2v) is 6.25. The van der Waals surface area contributed by atoms with Gasteiger partial charge in [-0.1, -0.05) is 12.1 Å². The van der Waals surface area contributed by atoms with Crippen molar-refractivity contribution in [2.75, 3.05) is 52.3 Å². The number of ether oxygens (including phenoxy) is 2. The number of anilines is 1. The van der Waals surface area contributed by atoms with Crippen LogP contribution in [-0.4, -0.2) is 63.3 Å². The highest BCUT2D eigenvalue weighted by atomic mass is 127. The third-order valence-corrected chi connectivity index (χ3v) is 4.66. The molecule has 0 unspecified atom stereocenters. The SMILES string of the molecule is CN=C(NCc1ccc(OC)c(OC)c1)N1CCN(c2ccccn2)CC1.I. The lowest BCUT2D eigenvalue weighted by atomic mass is 10.2. The van der Waals surface area contributed by atoms with E-state index >= 15 is 0 Å². The highest BCUT2D eigenvalue weighted by molar-refractivity contribution is 14.0. The average molecular weight is 497 g/mol. The number of hydrogen-bond donors (Lipinski definition) is 1. The first-order valence-electron chi connectivity index (χ1n) is 9.07. The topological polar surface area (TPSA) is 62.2 Å². The Hall–Kier alpha value is -2.23. The summed E-state index contributed by atoms with van der Waals surface area (Å²) in [7, 11) is 5.11. The fourth-order valence-corrected chi connectivity index (χ4v) is 3.19. The lowest BCUT2D eigenvalue weighted by Gasteiger charge is -2.37. The first-order chi connectivity index (χ1) is 13.2. The second kappa shape index (κ2) is 10.9. The van der Waals surface area contributed by atoms with E-state index in [1.807, 2.05) is 43.6 Å². The number of pyridine rings is 1. The molecule has 2 heterocycles. The molecule has 1 aliphatic rings. The molecule has 0 bridgehead atoms. The molecular weight excluding hydrogens is 469 g/mol. The quantitative estimate of drug-likeness (QED) is 0.390. The van der Waals surface area contributed by atoms with Crippen molar-refractivity contribution in [2.24, 2.45) is 4.99 Å². The molecule has 8 heteroatoms. The number of hydrogen-bond acceptors (Lipinski definition) is 5. The van der Waals surface area contributed by atoms with Gasteiger partial charge in [0, 0.05) is 46.0 Å². The molecule has 1 aliphatic heterocycles. The molecule has 1 aromatic heterocycles. The van der Waals surface area contributed by atoms with E-state index in [4.69, 9.17) is 9.47 Å². The fraction of sp³-hybridized carbons (Fsp3) is 0.400. The minimum absolute atomic E-state index is 0. The Bertz CT molecular complexity index is 764. The molecule has 152 valence electrons. The molecule has 1 saturated heterocycles. The number of aliphatic imine (C=N–C) groups is 1. The van der Waals surface area contributed by atoms with Gasteiger partial charge in [-0.3, -0.25) is 4.99 Å². The summed E-state index contributed by atoms with van der Waals surface area (Å²) in [6.45, 7) is 4.33. The number of nitrogens with zero attached hydrogens (tertiary/aromatic N) is 4. The van der Waals surface area contributed by atoms with Crippen molar-refractivity contribution in [3.8, 4) is 11.5 Å². The van der Waals surface area contributed by atoms with E-state index < -0.39 is 0 Å². The van der Waals surface area contributed by atoms with Crippen molar-refractivity contribution in [1.82, 2.24) is 15.2 Å². The van der Waals surface area contributed by atoms with Gasteiger partial charge in [-0.05, 0) is 29.8 Å². The third-order valence-electron chi connectivity index (χ3n) is 4.66. The zero-order valence-electron chi connectivity index (χ0n) is 16.6. The van der Waals surface area contributed by atoms with Crippen LogP contribution in [0.1, 0.15) is 5.56 Å². The van der Waals surface area contributed by atoms with Crippen LogP contribution in [-0.2, 0) is 6.54 Å². The van der Waals surface area contributed by atoms with Crippen LogP contribution in [0.4, 0.5) is 5.82 Å². The molecule has 3 rings (SSSR count). The maximum atomic E-state index is 5.38. The van der Waals surface area contributed by atoms with Crippen LogP contribution in [0.15, 0.2) is 47.6 Å². The predicted octanol–water partition coefficient (Wildman–Crippen LogP) is 2.61. The Labute approximate surface area is 183 Å². The Morgan fingerprint density at radius 1 is 1.07 bits per heavy atom. The maximum absolute atomic E-state index is 5.38. The van der Waals surface area contributed by atoms with Crippen molar-refractivity contribution in [3.05, 3.63) is 48.2 Å². The Kier molecular flexibility index (Phi) is 8.62. The highest BCUT2D eigenvalue weighted by Gasteiger charge is 2.20. The van der Waals surface area contributed by atoms with E-state index in [9.17, 15) is 0 Å². The second-order valence-electron chi connectivity index (χ2n) is 6.25. The van der Waals surface area contributed by atoms with Gasteiger partial charge in [0.25, 0.3) is 0 Å². The van der Waals surface area contributed by atoms with E-state index in [0.29, 0.717) is 6.54 Å². The van der Waals surface area contributed by atoms with Crippen molar-refractivity contribution >= 4 is 35.8 Å². The lowest BCUT2D eigenvalue weighted by Crippen LogP contribution is -2.52. The van der Waals surface area contributed by atoms with Gasteiger partial charge in [0.1, 0.15) is 5.82 Å². The Morgan fingerprint density at radius 2 is 1.82 bits per heavy atom. The summed E-state index contributed by atoms with van der Waals surface area (Å²) in [5.74, 6) is 3.41. The van der Waals surface area contributed by atoms with E-state index in [0.717, 1.165) is 55.0 Å². The van der Waals surface area contributed by atoms with Crippen molar-refractivity contribution < 1.29 is 9.47 Å². The van der Waals surface area contributed by atoms with Gasteiger partial charge < -0.3 is 24.6 Å². The summed E-state index contributed by atoms with van der Waals surface area (Å²) < 4.78 is 10.7. The van der Waals surface area contributed by atoms with Gasteiger partial charge in [0.2, 0.25) is 0 Å². The van der Waals surface area contributed by atoms with Crippen LogP contribution in [0.5, 0.6) is 11.5 Å². The van der Waals surface area contributed by atoms with Crippen LogP contribution in [0.25, 0.3) is 0 Å². The minimum Gasteiger partial charge on any atom is -0.493 e. The number of aromatic nitrogens is 1. The van der Waals surface area contributed by atoms with Gasteiger partial charge >= 0.3 is 0 Å². The summed E-state index contributed by atoms with van der Waals surface area (Å²) in [4.78, 5) is 13.5. The lowest BCUT2D eigenvalue weighted by molar-refractivity contribution is 0.354. The van der Waals surface area contributed by atoms with Crippen LogP contribution in [0.3, 0.4) is 0 Å². The van der Waals surface area contributed by atoms with Crippen LogP contribution in [0, 0.1) is 0 Å². The Balaban J connectivity index is 0.00000280. The normalized spacial score (nSPS) is 14.3. The van der Waals surface area contributed by atoms with Crippen molar-refractivity contribution in [2.45, 2.75) is 6.54 Å². The van der Waals surface area contributed by atoms with Crippen molar-refractivity contribution in [3.63, 3.8) is 0 Å². The average Bonchev–Trinajstić information content (AvgIpc) is 2.75. The maximum Gasteiger partial charge on any atom is 0.194 e. The van der Waals surface area contributed by atoms with Gasteiger partial charge in [-0.15, -0.1) is 24.0 Å².